The Morgan fingerprint density at radius 3 is 2.19 bits per heavy atom. The summed E-state index contributed by atoms with van der Waals surface area (Å²) >= 11 is 0. The van der Waals surface area contributed by atoms with Crippen LogP contribution in [0.5, 0.6) is 0 Å². The van der Waals surface area contributed by atoms with Gasteiger partial charge in [-0.1, -0.05) is 29.8 Å². The summed E-state index contributed by atoms with van der Waals surface area (Å²) in [5, 5.41) is 6.65. The van der Waals surface area contributed by atoms with E-state index in [0.29, 0.717) is 0 Å². The molecule has 1 aliphatic heterocycles. The Bertz CT molecular complexity index is 431. The quantitative estimate of drug-likeness (QED) is 0.697. The van der Waals surface area contributed by atoms with Crippen LogP contribution in [0.2, 0.25) is 0 Å². The molecule has 0 bridgehead atoms. The maximum Gasteiger partial charge on any atom is 0.423 e. The molecule has 0 aliphatic carbocycles. The standard InChI is InChI=1S/C11H9F3N2/c1-8-2-4-9(5-3-8)10(11(12,13)14)6-7-15-16-10/h2-7H,1H3. The molecular formula is C11H9F3N2. The smallest absolute Gasteiger partial charge is 0.168 e. The minimum atomic E-state index is -4.47. The summed E-state index contributed by atoms with van der Waals surface area (Å²) in [6.07, 6.45) is -2.43. The molecule has 84 valence electrons. The van der Waals surface area contributed by atoms with Crippen LogP contribution >= 0.6 is 0 Å². The summed E-state index contributed by atoms with van der Waals surface area (Å²) in [7, 11) is 0. The van der Waals surface area contributed by atoms with Gasteiger partial charge in [-0.15, -0.1) is 0 Å². The zero-order valence-electron chi connectivity index (χ0n) is 8.49. The molecule has 0 saturated carbocycles. The third kappa shape index (κ3) is 1.52. The molecule has 2 rings (SSSR count). The van der Waals surface area contributed by atoms with E-state index in [1.54, 1.807) is 12.1 Å². The van der Waals surface area contributed by atoms with E-state index in [9.17, 15) is 13.2 Å². The lowest BCUT2D eigenvalue weighted by molar-refractivity contribution is -0.174. The minimum Gasteiger partial charge on any atom is -0.168 e. The third-order valence-corrected chi connectivity index (χ3v) is 2.52. The van der Waals surface area contributed by atoms with E-state index in [0.717, 1.165) is 17.8 Å². The van der Waals surface area contributed by atoms with E-state index < -0.39 is 11.7 Å². The number of halogens is 3. The van der Waals surface area contributed by atoms with Crippen LogP contribution in [0.4, 0.5) is 13.2 Å². The zero-order chi connectivity index (χ0) is 11.8. The number of alkyl halides is 3. The van der Waals surface area contributed by atoms with Gasteiger partial charge in [-0.3, -0.25) is 0 Å². The molecule has 5 heteroatoms. The Morgan fingerprint density at radius 1 is 1.12 bits per heavy atom. The molecule has 1 heterocycles. The first-order valence-corrected chi connectivity index (χ1v) is 4.69. The average Bonchev–Trinajstić information content (AvgIpc) is 2.68. The monoisotopic (exact) mass is 226 g/mol. The lowest BCUT2D eigenvalue weighted by atomic mass is 9.90. The van der Waals surface area contributed by atoms with Crippen LogP contribution in [0.3, 0.4) is 0 Å². The van der Waals surface area contributed by atoms with E-state index in [4.69, 9.17) is 0 Å². The van der Waals surface area contributed by atoms with Crippen molar-refractivity contribution < 1.29 is 13.2 Å². The van der Waals surface area contributed by atoms with Gasteiger partial charge in [-0.2, -0.15) is 23.4 Å². The first kappa shape index (κ1) is 10.9. The summed E-state index contributed by atoms with van der Waals surface area (Å²) in [6.45, 7) is 1.82. The van der Waals surface area contributed by atoms with E-state index >= 15 is 0 Å². The molecule has 1 aromatic rings. The van der Waals surface area contributed by atoms with Crippen molar-refractivity contribution in [1.29, 1.82) is 0 Å². The van der Waals surface area contributed by atoms with Gasteiger partial charge in [0.15, 0.2) is 0 Å². The third-order valence-electron chi connectivity index (χ3n) is 2.52. The predicted molar refractivity (Wildman–Crippen MR) is 52.9 cm³/mol. The van der Waals surface area contributed by atoms with Gasteiger partial charge in [0.2, 0.25) is 5.54 Å². The van der Waals surface area contributed by atoms with Gasteiger partial charge >= 0.3 is 6.18 Å². The first-order chi connectivity index (χ1) is 7.46. The maximum absolute atomic E-state index is 13.0. The number of hydrogen-bond acceptors (Lipinski definition) is 2. The fraction of sp³-hybridized carbons (Fsp3) is 0.273. The summed E-state index contributed by atoms with van der Waals surface area (Å²) in [4.78, 5) is 0. The van der Waals surface area contributed by atoms with E-state index in [1.165, 1.54) is 12.1 Å². The van der Waals surface area contributed by atoms with Gasteiger partial charge in [0.1, 0.15) is 0 Å². The van der Waals surface area contributed by atoms with Gasteiger partial charge in [-0.25, -0.2) is 0 Å². The molecule has 0 radical (unpaired) electrons. The van der Waals surface area contributed by atoms with Gasteiger partial charge < -0.3 is 0 Å². The topological polar surface area (TPSA) is 24.7 Å². The normalized spacial score (nSPS) is 24.0. The van der Waals surface area contributed by atoms with Crippen molar-refractivity contribution in [2.75, 3.05) is 0 Å². The summed E-state index contributed by atoms with van der Waals surface area (Å²) < 4.78 is 39.0. The molecule has 1 aliphatic rings. The highest BCUT2D eigenvalue weighted by Crippen LogP contribution is 2.45. The van der Waals surface area contributed by atoms with E-state index in [1.807, 2.05) is 6.92 Å². The van der Waals surface area contributed by atoms with Crippen molar-refractivity contribution >= 4 is 0 Å². The largest absolute Gasteiger partial charge is 0.423 e. The molecule has 0 amide bonds. The average molecular weight is 226 g/mol. The van der Waals surface area contributed by atoms with Crippen molar-refractivity contribution in [1.82, 2.24) is 0 Å². The molecule has 16 heavy (non-hydrogen) atoms. The maximum atomic E-state index is 13.0. The fourth-order valence-corrected chi connectivity index (χ4v) is 1.58. The van der Waals surface area contributed by atoms with Crippen molar-refractivity contribution in [3.05, 3.63) is 47.7 Å². The van der Waals surface area contributed by atoms with Gasteiger partial charge in [0.05, 0.1) is 0 Å². The van der Waals surface area contributed by atoms with Crippen LogP contribution in [-0.4, -0.2) is 6.18 Å². The lowest BCUT2D eigenvalue weighted by Crippen LogP contribution is -2.37. The molecule has 0 fully saturated rings. The molecule has 0 aromatic heterocycles. The summed E-state index contributed by atoms with van der Waals surface area (Å²) in [5.41, 5.74) is -1.32. The number of aryl methyl sites for hydroxylation is 1. The Labute approximate surface area is 90.5 Å². The molecule has 2 nitrogen and oxygen atoms in total. The van der Waals surface area contributed by atoms with Crippen molar-refractivity contribution in [2.45, 2.75) is 18.6 Å². The molecule has 1 unspecified atom stereocenters. The Morgan fingerprint density at radius 2 is 1.75 bits per heavy atom. The Hall–Kier alpha value is -1.65. The highest BCUT2D eigenvalue weighted by molar-refractivity contribution is 5.35. The molecule has 0 spiro atoms. The van der Waals surface area contributed by atoms with Crippen molar-refractivity contribution in [3.8, 4) is 0 Å². The highest BCUT2D eigenvalue weighted by atomic mass is 19.4. The second kappa shape index (κ2) is 3.43. The summed E-state index contributed by atoms with van der Waals surface area (Å²) in [6, 6.07) is 6.12. The summed E-state index contributed by atoms with van der Waals surface area (Å²) in [5.74, 6) is 0. The first-order valence-electron chi connectivity index (χ1n) is 4.69. The van der Waals surface area contributed by atoms with Crippen LogP contribution in [-0.2, 0) is 5.54 Å². The molecule has 0 saturated heterocycles. The van der Waals surface area contributed by atoms with Crippen LogP contribution in [0.15, 0.2) is 46.8 Å². The van der Waals surface area contributed by atoms with Crippen LogP contribution in [0.25, 0.3) is 0 Å². The van der Waals surface area contributed by atoms with Gasteiger partial charge in [-0.05, 0) is 18.6 Å². The molecule has 1 aromatic carbocycles. The molecular weight excluding hydrogens is 217 g/mol. The second-order valence-corrected chi connectivity index (χ2v) is 3.66. The SMILES string of the molecule is Cc1ccc(C2(C(F)(F)F)C=CN=N2)cc1. The highest BCUT2D eigenvalue weighted by Gasteiger charge is 2.56. The fourth-order valence-electron chi connectivity index (χ4n) is 1.58. The Kier molecular flexibility index (Phi) is 2.33. The van der Waals surface area contributed by atoms with Gasteiger partial charge in [0, 0.05) is 6.20 Å². The lowest BCUT2D eigenvalue weighted by Gasteiger charge is -2.25. The zero-order valence-corrected chi connectivity index (χ0v) is 8.49. The van der Waals surface area contributed by atoms with Crippen molar-refractivity contribution in [3.63, 3.8) is 0 Å². The number of hydrogen-bond donors (Lipinski definition) is 0. The molecule has 1 atom stereocenters. The van der Waals surface area contributed by atoms with E-state index in [-0.39, 0.29) is 5.56 Å². The van der Waals surface area contributed by atoms with Crippen molar-refractivity contribution in [2.24, 2.45) is 10.2 Å². The number of rotatable bonds is 1. The Balaban J connectivity index is 2.54. The number of azo groups is 1. The number of nitrogens with zero attached hydrogens (tertiary/aromatic N) is 2. The van der Waals surface area contributed by atoms with E-state index in [2.05, 4.69) is 10.2 Å². The van der Waals surface area contributed by atoms with Crippen LogP contribution in [0, 0.1) is 6.92 Å². The van der Waals surface area contributed by atoms with Gasteiger partial charge in [0.25, 0.3) is 0 Å². The minimum absolute atomic E-state index is 0.0862. The second-order valence-electron chi connectivity index (χ2n) is 3.66. The van der Waals surface area contributed by atoms with Crippen LogP contribution < -0.4 is 0 Å². The predicted octanol–water partition coefficient (Wildman–Crippen LogP) is 3.73. The van der Waals surface area contributed by atoms with Crippen LogP contribution in [0.1, 0.15) is 11.1 Å². The molecule has 0 N–H and O–H groups in total. The number of benzene rings is 1.